The number of carboxylic acid groups (broad SMARTS) is 1. The third kappa shape index (κ3) is 6.26. The third-order valence-corrected chi connectivity index (χ3v) is 5.49. The highest BCUT2D eigenvalue weighted by Crippen LogP contribution is 2.13. The summed E-state index contributed by atoms with van der Waals surface area (Å²) in [5.41, 5.74) is 0. The smallest absolute Gasteiger partial charge is 0.313 e. The standard InChI is InChI=1S/C10H18N2O5S2/c13-9(11-3-6-18-8-10(14)15)2-5-12-4-1-7-19(12,16)17/h1-8H2,(H,11,13)(H,14,15). The van der Waals surface area contributed by atoms with Crippen molar-refractivity contribution in [1.29, 1.82) is 0 Å². The molecule has 1 aliphatic heterocycles. The zero-order valence-electron chi connectivity index (χ0n) is 10.5. The van der Waals surface area contributed by atoms with E-state index in [1.807, 2.05) is 0 Å². The van der Waals surface area contributed by atoms with Gasteiger partial charge in [-0.15, -0.1) is 11.8 Å². The van der Waals surface area contributed by atoms with Gasteiger partial charge < -0.3 is 10.4 Å². The van der Waals surface area contributed by atoms with Gasteiger partial charge in [-0.25, -0.2) is 12.7 Å². The molecule has 0 aliphatic carbocycles. The zero-order valence-corrected chi connectivity index (χ0v) is 12.1. The normalized spacial score (nSPS) is 18.3. The quantitative estimate of drug-likeness (QED) is 0.577. The van der Waals surface area contributed by atoms with Gasteiger partial charge in [-0.05, 0) is 6.42 Å². The van der Waals surface area contributed by atoms with Crippen LogP contribution in [0.1, 0.15) is 12.8 Å². The molecule has 0 spiro atoms. The van der Waals surface area contributed by atoms with Crippen molar-refractivity contribution in [2.45, 2.75) is 12.8 Å². The van der Waals surface area contributed by atoms with E-state index in [4.69, 9.17) is 5.11 Å². The number of rotatable bonds is 8. The van der Waals surface area contributed by atoms with Crippen molar-refractivity contribution in [1.82, 2.24) is 9.62 Å². The van der Waals surface area contributed by atoms with Crippen LogP contribution >= 0.6 is 11.8 Å². The van der Waals surface area contributed by atoms with Gasteiger partial charge in [0.25, 0.3) is 0 Å². The summed E-state index contributed by atoms with van der Waals surface area (Å²) in [6.45, 7) is 1.10. The second kappa shape index (κ2) is 7.71. The van der Waals surface area contributed by atoms with Gasteiger partial charge in [-0.2, -0.15) is 0 Å². The lowest BCUT2D eigenvalue weighted by molar-refractivity contribution is -0.133. The van der Waals surface area contributed by atoms with E-state index >= 15 is 0 Å². The van der Waals surface area contributed by atoms with E-state index in [9.17, 15) is 18.0 Å². The van der Waals surface area contributed by atoms with Crippen LogP contribution in [-0.2, 0) is 19.6 Å². The number of aliphatic carboxylic acids is 1. The maximum atomic E-state index is 11.5. The minimum absolute atomic E-state index is 0.0158. The van der Waals surface area contributed by atoms with Crippen LogP contribution in [0.5, 0.6) is 0 Å². The predicted octanol–water partition coefficient (Wildman–Crippen LogP) is -0.654. The summed E-state index contributed by atoms with van der Waals surface area (Å²) in [7, 11) is -3.14. The van der Waals surface area contributed by atoms with E-state index in [1.54, 1.807) is 0 Å². The lowest BCUT2D eigenvalue weighted by Gasteiger charge is -2.13. The predicted molar refractivity (Wildman–Crippen MR) is 72.6 cm³/mol. The molecule has 1 rings (SSSR count). The first kappa shape index (κ1) is 16.3. The molecule has 1 amide bonds. The summed E-state index contributed by atoms with van der Waals surface area (Å²) in [4.78, 5) is 21.7. The summed E-state index contributed by atoms with van der Waals surface area (Å²) in [6, 6.07) is 0. The number of carbonyl (C=O) groups excluding carboxylic acids is 1. The first-order valence-corrected chi connectivity index (χ1v) is 8.72. The topological polar surface area (TPSA) is 104 Å². The van der Waals surface area contributed by atoms with Crippen LogP contribution in [0.3, 0.4) is 0 Å². The molecule has 0 aromatic rings. The number of hydrogen-bond donors (Lipinski definition) is 2. The largest absolute Gasteiger partial charge is 0.481 e. The SMILES string of the molecule is O=C(O)CSCCNC(=O)CCN1CCCS1(=O)=O. The first-order valence-electron chi connectivity index (χ1n) is 5.96. The molecule has 0 radical (unpaired) electrons. The molecule has 0 atom stereocenters. The molecule has 2 N–H and O–H groups in total. The van der Waals surface area contributed by atoms with Crippen molar-refractivity contribution < 1.29 is 23.1 Å². The Hall–Kier alpha value is -0.800. The van der Waals surface area contributed by atoms with Crippen molar-refractivity contribution >= 4 is 33.7 Å². The van der Waals surface area contributed by atoms with Crippen LogP contribution in [0.2, 0.25) is 0 Å². The van der Waals surface area contributed by atoms with Crippen LogP contribution in [-0.4, -0.2) is 66.6 Å². The number of nitrogens with zero attached hydrogens (tertiary/aromatic N) is 1. The number of hydrogen-bond acceptors (Lipinski definition) is 5. The number of thioether (sulfide) groups is 1. The number of sulfonamides is 1. The summed E-state index contributed by atoms with van der Waals surface area (Å²) < 4.78 is 24.3. The fraction of sp³-hybridized carbons (Fsp3) is 0.800. The number of carboxylic acids is 1. The maximum Gasteiger partial charge on any atom is 0.313 e. The van der Waals surface area contributed by atoms with Crippen molar-refractivity contribution in [3.05, 3.63) is 0 Å². The van der Waals surface area contributed by atoms with E-state index in [0.29, 0.717) is 25.3 Å². The van der Waals surface area contributed by atoms with E-state index in [1.165, 1.54) is 16.1 Å². The molecular weight excluding hydrogens is 292 g/mol. The fourth-order valence-electron chi connectivity index (χ4n) is 1.68. The van der Waals surface area contributed by atoms with Crippen molar-refractivity contribution in [3.8, 4) is 0 Å². The second-order valence-corrected chi connectivity index (χ2v) is 7.31. The molecule has 110 valence electrons. The van der Waals surface area contributed by atoms with Crippen LogP contribution in [0.25, 0.3) is 0 Å². The summed E-state index contributed by atoms with van der Waals surface area (Å²) in [5.74, 6) is -0.379. The third-order valence-electron chi connectivity index (χ3n) is 2.59. The van der Waals surface area contributed by atoms with Gasteiger partial charge in [-0.1, -0.05) is 0 Å². The molecule has 9 heteroatoms. The molecule has 1 heterocycles. The number of nitrogens with one attached hydrogen (secondary N) is 1. The molecule has 1 fully saturated rings. The molecule has 0 aromatic carbocycles. The van der Waals surface area contributed by atoms with E-state index in [2.05, 4.69) is 5.32 Å². The molecule has 0 bridgehead atoms. The summed E-state index contributed by atoms with van der Waals surface area (Å²) >= 11 is 1.23. The molecule has 0 unspecified atom stereocenters. The molecular formula is C10H18N2O5S2. The Kier molecular flexibility index (Phi) is 6.59. The Morgan fingerprint density at radius 2 is 2.11 bits per heavy atom. The highest BCUT2D eigenvalue weighted by Gasteiger charge is 2.27. The van der Waals surface area contributed by atoms with E-state index in [-0.39, 0.29) is 30.4 Å². The average Bonchev–Trinajstić information content (AvgIpc) is 2.65. The van der Waals surface area contributed by atoms with Gasteiger partial charge in [0.1, 0.15) is 0 Å². The maximum absolute atomic E-state index is 11.5. The number of amides is 1. The second-order valence-electron chi connectivity index (χ2n) is 4.11. The van der Waals surface area contributed by atoms with Crippen molar-refractivity contribution in [2.75, 3.05) is 36.9 Å². The van der Waals surface area contributed by atoms with Gasteiger partial charge in [0, 0.05) is 31.8 Å². The lowest BCUT2D eigenvalue weighted by atomic mass is 10.4. The minimum Gasteiger partial charge on any atom is -0.481 e. The summed E-state index contributed by atoms with van der Waals surface area (Å²) in [6.07, 6.45) is 0.763. The Labute approximate surface area is 116 Å². The Morgan fingerprint density at radius 3 is 2.68 bits per heavy atom. The Balaban J connectivity index is 2.10. The molecule has 7 nitrogen and oxygen atoms in total. The first-order chi connectivity index (χ1) is 8.92. The van der Waals surface area contributed by atoms with Gasteiger partial charge in [0.2, 0.25) is 15.9 Å². The highest BCUT2D eigenvalue weighted by molar-refractivity contribution is 7.99. The van der Waals surface area contributed by atoms with Crippen LogP contribution in [0, 0.1) is 0 Å². The van der Waals surface area contributed by atoms with Crippen LogP contribution in [0.4, 0.5) is 0 Å². The molecule has 0 saturated carbocycles. The van der Waals surface area contributed by atoms with Gasteiger partial charge >= 0.3 is 5.97 Å². The Bertz CT molecular complexity index is 424. The van der Waals surface area contributed by atoms with Gasteiger partial charge in [0.05, 0.1) is 11.5 Å². The lowest BCUT2D eigenvalue weighted by Crippen LogP contribution is -2.32. The highest BCUT2D eigenvalue weighted by atomic mass is 32.2. The van der Waals surface area contributed by atoms with Crippen LogP contribution < -0.4 is 5.32 Å². The molecule has 19 heavy (non-hydrogen) atoms. The molecule has 1 aliphatic rings. The monoisotopic (exact) mass is 310 g/mol. The average molecular weight is 310 g/mol. The van der Waals surface area contributed by atoms with Gasteiger partial charge in [0.15, 0.2) is 0 Å². The molecule has 1 saturated heterocycles. The fourth-order valence-corrected chi connectivity index (χ4v) is 3.77. The number of carbonyl (C=O) groups is 2. The Morgan fingerprint density at radius 1 is 1.37 bits per heavy atom. The van der Waals surface area contributed by atoms with Gasteiger partial charge in [-0.3, -0.25) is 9.59 Å². The zero-order chi connectivity index (χ0) is 14.3. The minimum atomic E-state index is -3.14. The van der Waals surface area contributed by atoms with Crippen LogP contribution in [0.15, 0.2) is 0 Å². The summed E-state index contributed by atoms with van der Waals surface area (Å²) in [5, 5.41) is 11.0. The van der Waals surface area contributed by atoms with Crippen molar-refractivity contribution in [3.63, 3.8) is 0 Å². The molecule has 0 aromatic heterocycles. The van der Waals surface area contributed by atoms with E-state index < -0.39 is 16.0 Å². The van der Waals surface area contributed by atoms with E-state index in [0.717, 1.165) is 0 Å². The van der Waals surface area contributed by atoms with Crippen molar-refractivity contribution in [2.24, 2.45) is 0 Å².